The predicted octanol–water partition coefficient (Wildman–Crippen LogP) is 3.39. The molecule has 0 saturated carbocycles. The Balaban J connectivity index is 1.62. The summed E-state index contributed by atoms with van der Waals surface area (Å²) < 4.78 is 5.21. The zero-order chi connectivity index (χ0) is 16.9. The molecule has 5 nitrogen and oxygen atoms in total. The van der Waals surface area contributed by atoms with E-state index in [9.17, 15) is 4.79 Å². The number of benzene rings is 2. The van der Waals surface area contributed by atoms with Gasteiger partial charge < -0.3 is 14.9 Å². The second-order valence-corrected chi connectivity index (χ2v) is 5.61. The lowest BCUT2D eigenvalue weighted by Gasteiger charge is -2.10. The third kappa shape index (κ3) is 3.56. The number of amides is 1. The molecule has 24 heavy (non-hydrogen) atoms. The first-order chi connectivity index (χ1) is 11.7. The minimum absolute atomic E-state index is 0.194. The van der Waals surface area contributed by atoms with Gasteiger partial charge in [-0.2, -0.15) is 0 Å². The summed E-state index contributed by atoms with van der Waals surface area (Å²) in [6, 6.07) is 15.4. The number of methoxy groups -OCH3 is 1. The van der Waals surface area contributed by atoms with Crippen molar-refractivity contribution in [2.75, 3.05) is 12.4 Å². The van der Waals surface area contributed by atoms with Crippen LogP contribution < -0.4 is 10.1 Å². The molecule has 1 aliphatic heterocycles. The number of nitrogens with zero attached hydrogens (tertiary/aromatic N) is 1. The number of carbonyl (C=O) groups excluding carboxylic acids is 1. The van der Waals surface area contributed by atoms with Gasteiger partial charge in [-0.3, -0.25) is 4.79 Å². The Bertz CT molecular complexity index is 753. The summed E-state index contributed by atoms with van der Waals surface area (Å²) >= 11 is 0. The van der Waals surface area contributed by atoms with Crippen LogP contribution in [0.4, 0.5) is 5.69 Å². The molecule has 1 heterocycles. The lowest BCUT2D eigenvalue weighted by Crippen LogP contribution is -2.28. The molecule has 0 aliphatic carbocycles. The highest BCUT2D eigenvalue weighted by atomic mass is 16.6. The monoisotopic (exact) mass is 324 g/mol. The minimum Gasteiger partial charge on any atom is -0.497 e. The van der Waals surface area contributed by atoms with Crippen molar-refractivity contribution in [3.63, 3.8) is 0 Å². The summed E-state index contributed by atoms with van der Waals surface area (Å²) in [6.45, 7) is 2.09. The Labute approximate surface area is 141 Å². The lowest BCUT2D eigenvalue weighted by molar-refractivity contribution is -0.125. The average molecular weight is 324 g/mol. The maximum Gasteiger partial charge on any atom is 0.268 e. The number of anilines is 1. The molecule has 0 aromatic heterocycles. The molecule has 1 amide bonds. The maximum absolute atomic E-state index is 12.3. The van der Waals surface area contributed by atoms with E-state index in [-0.39, 0.29) is 5.91 Å². The molecule has 0 radical (unpaired) electrons. The fourth-order valence-corrected chi connectivity index (χ4v) is 2.54. The van der Waals surface area contributed by atoms with E-state index in [2.05, 4.69) is 17.4 Å². The van der Waals surface area contributed by atoms with Crippen LogP contribution in [0.5, 0.6) is 5.75 Å². The number of carbonyl (C=O) groups is 1. The molecule has 0 saturated heterocycles. The van der Waals surface area contributed by atoms with Crippen molar-refractivity contribution < 1.29 is 14.4 Å². The Kier molecular flexibility index (Phi) is 4.79. The Morgan fingerprint density at radius 2 is 2.08 bits per heavy atom. The van der Waals surface area contributed by atoms with Gasteiger partial charge in [-0.05, 0) is 36.2 Å². The molecule has 124 valence electrons. The number of aryl methyl sites for hydroxylation is 1. The van der Waals surface area contributed by atoms with Gasteiger partial charge in [0.1, 0.15) is 5.75 Å². The van der Waals surface area contributed by atoms with Gasteiger partial charge in [0, 0.05) is 17.7 Å². The van der Waals surface area contributed by atoms with E-state index in [1.807, 2.05) is 48.5 Å². The Morgan fingerprint density at radius 1 is 1.29 bits per heavy atom. The van der Waals surface area contributed by atoms with Crippen LogP contribution in [0.1, 0.15) is 24.5 Å². The van der Waals surface area contributed by atoms with Crippen molar-refractivity contribution in [1.29, 1.82) is 0 Å². The first-order valence-electron chi connectivity index (χ1n) is 7.96. The van der Waals surface area contributed by atoms with Gasteiger partial charge in [0.05, 0.1) is 12.8 Å². The molecular weight excluding hydrogens is 304 g/mol. The molecule has 0 fully saturated rings. The lowest BCUT2D eigenvalue weighted by atomic mass is 10.0. The highest BCUT2D eigenvalue weighted by molar-refractivity contribution is 6.06. The summed E-state index contributed by atoms with van der Waals surface area (Å²) in [7, 11) is 1.62. The topological polar surface area (TPSA) is 59.9 Å². The standard InChI is InChI=1S/C19H20N2O3/c1-3-13-7-9-15(10-8-13)20-19(22)18-12-17(21-24-18)14-5-4-6-16(11-14)23-2/h4-11,18H,3,12H2,1-2H3,(H,20,22). The number of hydrogen-bond acceptors (Lipinski definition) is 4. The molecule has 5 heteroatoms. The molecule has 1 N–H and O–H groups in total. The van der Waals surface area contributed by atoms with Crippen molar-refractivity contribution in [2.24, 2.45) is 5.16 Å². The summed E-state index contributed by atoms with van der Waals surface area (Å²) in [5.74, 6) is 0.556. The normalized spacial score (nSPS) is 16.2. The fraction of sp³-hybridized carbons (Fsp3) is 0.263. The van der Waals surface area contributed by atoms with E-state index < -0.39 is 6.10 Å². The van der Waals surface area contributed by atoms with Crippen molar-refractivity contribution in [1.82, 2.24) is 0 Å². The van der Waals surface area contributed by atoms with E-state index in [0.29, 0.717) is 6.42 Å². The van der Waals surface area contributed by atoms with E-state index >= 15 is 0 Å². The van der Waals surface area contributed by atoms with Crippen molar-refractivity contribution in [3.8, 4) is 5.75 Å². The van der Waals surface area contributed by atoms with E-state index in [1.54, 1.807) is 7.11 Å². The van der Waals surface area contributed by atoms with Gasteiger partial charge in [0.15, 0.2) is 0 Å². The Hall–Kier alpha value is -2.82. The van der Waals surface area contributed by atoms with E-state index in [0.717, 1.165) is 29.1 Å². The summed E-state index contributed by atoms with van der Waals surface area (Å²) in [6.07, 6.45) is 0.793. The second-order valence-electron chi connectivity index (χ2n) is 5.61. The maximum atomic E-state index is 12.3. The predicted molar refractivity (Wildman–Crippen MR) is 93.5 cm³/mol. The van der Waals surface area contributed by atoms with Crippen LogP contribution in [0.25, 0.3) is 0 Å². The first kappa shape index (κ1) is 16.1. The molecule has 3 rings (SSSR count). The molecule has 2 aromatic rings. The molecule has 1 aliphatic rings. The minimum atomic E-state index is -0.614. The van der Waals surface area contributed by atoms with Crippen LogP contribution >= 0.6 is 0 Å². The summed E-state index contributed by atoms with van der Waals surface area (Å²) in [5, 5.41) is 6.92. The first-order valence-corrected chi connectivity index (χ1v) is 7.96. The van der Waals surface area contributed by atoms with E-state index in [4.69, 9.17) is 9.57 Å². The summed E-state index contributed by atoms with van der Waals surface area (Å²) in [4.78, 5) is 17.6. The van der Waals surface area contributed by atoms with Gasteiger partial charge in [0.25, 0.3) is 5.91 Å². The van der Waals surface area contributed by atoms with Gasteiger partial charge in [0.2, 0.25) is 6.10 Å². The third-order valence-corrected chi connectivity index (χ3v) is 3.99. The number of oxime groups is 1. The van der Waals surface area contributed by atoms with Gasteiger partial charge in [-0.1, -0.05) is 36.3 Å². The number of nitrogens with one attached hydrogen (secondary N) is 1. The van der Waals surface area contributed by atoms with Crippen LogP contribution in [0.15, 0.2) is 53.7 Å². The van der Waals surface area contributed by atoms with Crippen LogP contribution in [0.2, 0.25) is 0 Å². The van der Waals surface area contributed by atoms with Crippen LogP contribution in [0.3, 0.4) is 0 Å². The number of hydrogen-bond donors (Lipinski definition) is 1. The van der Waals surface area contributed by atoms with Gasteiger partial charge >= 0.3 is 0 Å². The average Bonchev–Trinajstić information content (AvgIpc) is 3.13. The molecule has 2 aromatic carbocycles. The second kappa shape index (κ2) is 7.17. The highest BCUT2D eigenvalue weighted by Gasteiger charge is 2.29. The smallest absolute Gasteiger partial charge is 0.268 e. The third-order valence-electron chi connectivity index (χ3n) is 3.99. The number of rotatable bonds is 5. The summed E-state index contributed by atoms with van der Waals surface area (Å²) in [5.41, 5.74) is 3.64. The van der Waals surface area contributed by atoms with E-state index in [1.165, 1.54) is 5.56 Å². The van der Waals surface area contributed by atoms with Crippen LogP contribution in [-0.4, -0.2) is 24.8 Å². The Morgan fingerprint density at radius 3 is 2.79 bits per heavy atom. The van der Waals surface area contributed by atoms with Crippen molar-refractivity contribution >= 4 is 17.3 Å². The SMILES string of the molecule is CCc1ccc(NC(=O)C2CC(c3cccc(OC)c3)=NO2)cc1. The quantitative estimate of drug-likeness (QED) is 0.917. The largest absolute Gasteiger partial charge is 0.497 e. The van der Waals surface area contributed by atoms with Crippen molar-refractivity contribution in [2.45, 2.75) is 25.9 Å². The molecule has 0 spiro atoms. The van der Waals surface area contributed by atoms with Crippen LogP contribution in [0, 0.1) is 0 Å². The zero-order valence-electron chi connectivity index (χ0n) is 13.8. The fourth-order valence-electron chi connectivity index (χ4n) is 2.54. The molecule has 1 unspecified atom stereocenters. The van der Waals surface area contributed by atoms with Gasteiger partial charge in [-0.15, -0.1) is 0 Å². The molecule has 0 bridgehead atoms. The zero-order valence-corrected chi connectivity index (χ0v) is 13.8. The molecule has 1 atom stereocenters. The number of ether oxygens (including phenoxy) is 1. The van der Waals surface area contributed by atoms with Gasteiger partial charge in [-0.25, -0.2) is 0 Å². The molecular formula is C19H20N2O3. The van der Waals surface area contributed by atoms with Crippen molar-refractivity contribution in [3.05, 3.63) is 59.7 Å². The van der Waals surface area contributed by atoms with Crippen LogP contribution in [-0.2, 0) is 16.1 Å². The highest BCUT2D eigenvalue weighted by Crippen LogP contribution is 2.21.